The first-order chi connectivity index (χ1) is 11.6. The minimum absolute atomic E-state index is 0.00551. The number of rotatable bonds is 18. The Morgan fingerprint density at radius 3 is 1.29 bits per heavy atom. The van der Waals surface area contributed by atoms with Crippen LogP contribution in [-0.2, 0) is 4.79 Å². The zero-order valence-corrected chi connectivity index (χ0v) is 17.4. The van der Waals surface area contributed by atoms with Crippen molar-refractivity contribution in [3.8, 4) is 0 Å². The molecular formula is C23H46O. The van der Waals surface area contributed by atoms with E-state index >= 15 is 0 Å². The molecular weight excluding hydrogens is 292 g/mol. The van der Waals surface area contributed by atoms with Crippen molar-refractivity contribution in [2.75, 3.05) is 0 Å². The van der Waals surface area contributed by atoms with Gasteiger partial charge in [0.2, 0.25) is 0 Å². The molecule has 0 fully saturated rings. The van der Waals surface area contributed by atoms with Crippen molar-refractivity contribution in [3.63, 3.8) is 0 Å². The molecule has 24 heavy (non-hydrogen) atoms. The van der Waals surface area contributed by atoms with Crippen LogP contribution in [0.15, 0.2) is 0 Å². The second kappa shape index (κ2) is 16.2. The van der Waals surface area contributed by atoms with Gasteiger partial charge in [-0.05, 0) is 26.2 Å². The molecule has 0 saturated carbocycles. The van der Waals surface area contributed by atoms with Crippen LogP contribution < -0.4 is 0 Å². The summed E-state index contributed by atoms with van der Waals surface area (Å²) in [7, 11) is 0. The van der Waals surface area contributed by atoms with Crippen molar-refractivity contribution in [3.05, 3.63) is 0 Å². The van der Waals surface area contributed by atoms with Crippen molar-refractivity contribution in [2.45, 2.75) is 137 Å². The number of carbonyl (C=O) groups is 1. The summed E-state index contributed by atoms with van der Waals surface area (Å²) in [6, 6.07) is 0. The van der Waals surface area contributed by atoms with Gasteiger partial charge in [0, 0.05) is 5.41 Å². The van der Waals surface area contributed by atoms with Gasteiger partial charge in [0.05, 0.1) is 0 Å². The second-order valence-electron chi connectivity index (χ2n) is 7.93. The molecule has 0 radical (unpaired) electrons. The molecule has 1 nitrogen and oxygen atoms in total. The highest BCUT2D eigenvalue weighted by Gasteiger charge is 2.31. The van der Waals surface area contributed by atoms with Crippen LogP contribution in [0.1, 0.15) is 137 Å². The highest BCUT2D eigenvalue weighted by Crippen LogP contribution is 2.36. The maximum atomic E-state index is 12.2. The van der Waals surface area contributed by atoms with Gasteiger partial charge in [-0.25, -0.2) is 0 Å². The molecule has 0 aromatic rings. The van der Waals surface area contributed by atoms with E-state index in [4.69, 9.17) is 0 Å². The summed E-state index contributed by atoms with van der Waals surface area (Å²) < 4.78 is 0. The van der Waals surface area contributed by atoms with Crippen LogP contribution in [0.2, 0.25) is 0 Å². The lowest BCUT2D eigenvalue weighted by Crippen LogP contribution is -2.28. The molecule has 0 saturated heterocycles. The molecule has 0 amide bonds. The lowest BCUT2D eigenvalue weighted by Gasteiger charge is -2.30. The van der Waals surface area contributed by atoms with Crippen molar-refractivity contribution in [1.82, 2.24) is 0 Å². The molecule has 0 rings (SSSR count). The maximum absolute atomic E-state index is 12.2. The molecule has 1 unspecified atom stereocenters. The van der Waals surface area contributed by atoms with Gasteiger partial charge in [0.15, 0.2) is 0 Å². The first-order valence-corrected chi connectivity index (χ1v) is 11.1. The molecule has 1 atom stereocenters. The number of hydrogen-bond donors (Lipinski definition) is 0. The summed E-state index contributed by atoms with van der Waals surface area (Å²) in [6.45, 7) is 8.56. The fraction of sp³-hybridized carbons (Fsp3) is 0.957. The molecule has 1 heteroatoms. The van der Waals surface area contributed by atoms with E-state index < -0.39 is 0 Å². The Labute approximate surface area is 153 Å². The number of ketones is 1. The SMILES string of the molecule is CCCCCCCCCCCCCC(CC)(CCCCC)C(C)=O. The Kier molecular flexibility index (Phi) is 15.9. The van der Waals surface area contributed by atoms with Crippen LogP contribution in [0.25, 0.3) is 0 Å². The third-order valence-electron chi connectivity index (χ3n) is 5.94. The predicted octanol–water partition coefficient (Wildman–Crippen LogP) is 8.25. The Hall–Kier alpha value is -0.330. The molecule has 0 aromatic heterocycles. The minimum Gasteiger partial charge on any atom is -0.299 e. The number of unbranched alkanes of at least 4 members (excludes halogenated alkanes) is 12. The quantitative estimate of drug-likeness (QED) is 0.230. The summed E-state index contributed by atoms with van der Waals surface area (Å²) in [5, 5.41) is 0. The van der Waals surface area contributed by atoms with Gasteiger partial charge in [-0.15, -0.1) is 0 Å². The van der Waals surface area contributed by atoms with E-state index in [1.807, 2.05) is 6.92 Å². The van der Waals surface area contributed by atoms with E-state index in [1.165, 1.54) is 89.9 Å². The van der Waals surface area contributed by atoms with Crippen LogP contribution in [0.4, 0.5) is 0 Å². The largest absolute Gasteiger partial charge is 0.299 e. The molecule has 0 aliphatic carbocycles. The van der Waals surface area contributed by atoms with Gasteiger partial charge in [-0.3, -0.25) is 4.79 Å². The zero-order valence-electron chi connectivity index (χ0n) is 17.4. The molecule has 0 N–H and O–H groups in total. The van der Waals surface area contributed by atoms with Crippen molar-refractivity contribution < 1.29 is 4.79 Å². The van der Waals surface area contributed by atoms with Crippen molar-refractivity contribution in [1.29, 1.82) is 0 Å². The molecule has 0 spiro atoms. The normalized spacial score (nSPS) is 13.8. The Morgan fingerprint density at radius 2 is 0.917 bits per heavy atom. The van der Waals surface area contributed by atoms with E-state index in [0.29, 0.717) is 5.78 Å². The summed E-state index contributed by atoms with van der Waals surface area (Å²) in [4.78, 5) is 12.2. The fourth-order valence-corrected chi connectivity index (χ4v) is 3.92. The number of Topliss-reactive ketones (excluding diaryl/α,β-unsaturated/α-hetero) is 1. The maximum Gasteiger partial charge on any atom is 0.135 e. The summed E-state index contributed by atoms with van der Waals surface area (Å²) in [5.74, 6) is 0.438. The van der Waals surface area contributed by atoms with Crippen molar-refractivity contribution >= 4 is 5.78 Å². The lowest BCUT2D eigenvalue weighted by molar-refractivity contribution is -0.127. The lowest BCUT2D eigenvalue weighted by atomic mass is 9.73. The Morgan fingerprint density at radius 1 is 0.583 bits per heavy atom. The Bertz CT molecular complexity index is 284. The van der Waals surface area contributed by atoms with Crippen LogP contribution >= 0.6 is 0 Å². The predicted molar refractivity (Wildman–Crippen MR) is 109 cm³/mol. The van der Waals surface area contributed by atoms with Gasteiger partial charge in [0.1, 0.15) is 5.78 Å². The van der Waals surface area contributed by atoms with Gasteiger partial charge in [0.25, 0.3) is 0 Å². The van der Waals surface area contributed by atoms with E-state index in [9.17, 15) is 4.79 Å². The van der Waals surface area contributed by atoms with Crippen LogP contribution in [-0.4, -0.2) is 5.78 Å². The summed E-state index contributed by atoms with van der Waals surface area (Å²) in [6.07, 6.45) is 22.2. The highest BCUT2D eigenvalue weighted by atomic mass is 16.1. The zero-order chi connectivity index (χ0) is 18.1. The minimum atomic E-state index is -0.00551. The standard InChI is InChI=1S/C23H46O/c1-5-8-10-11-12-13-14-15-16-17-19-21-23(7-3,22(4)24)20-18-9-6-2/h5-21H2,1-4H3. The van der Waals surface area contributed by atoms with Crippen LogP contribution in [0.3, 0.4) is 0 Å². The summed E-state index contributed by atoms with van der Waals surface area (Å²) >= 11 is 0. The summed E-state index contributed by atoms with van der Waals surface area (Å²) in [5.41, 5.74) is -0.00551. The average Bonchev–Trinajstić information content (AvgIpc) is 2.58. The second-order valence-corrected chi connectivity index (χ2v) is 7.93. The fourth-order valence-electron chi connectivity index (χ4n) is 3.92. The highest BCUT2D eigenvalue weighted by molar-refractivity contribution is 5.82. The van der Waals surface area contributed by atoms with E-state index in [1.54, 1.807) is 0 Å². The molecule has 0 aromatic carbocycles. The number of carbonyl (C=O) groups excluding carboxylic acids is 1. The average molecular weight is 339 g/mol. The first-order valence-electron chi connectivity index (χ1n) is 11.1. The van der Waals surface area contributed by atoms with E-state index in [2.05, 4.69) is 20.8 Å². The van der Waals surface area contributed by atoms with Gasteiger partial charge >= 0.3 is 0 Å². The monoisotopic (exact) mass is 338 g/mol. The topological polar surface area (TPSA) is 17.1 Å². The van der Waals surface area contributed by atoms with E-state index in [-0.39, 0.29) is 5.41 Å². The third-order valence-corrected chi connectivity index (χ3v) is 5.94. The molecule has 0 bridgehead atoms. The Balaban J connectivity index is 3.74. The van der Waals surface area contributed by atoms with Gasteiger partial charge < -0.3 is 0 Å². The first kappa shape index (κ1) is 23.7. The molecule has 0 heterocycles. The van der Waals surface area contributed by atoms with Gasteiger partial charge in [-0.1, -0.05) is 111 Å². The molecule has 0 aliphatic rings. The van der Waals surface area contributed by atoms with Crippen LogP contribution in [0, 0.1) is 5.41 Å². The molecule has 0 aliphatic heterocycles. The molecule has 144 valence electrons. The van der Waals surface area contributed by atoms with Gasteiger partial charge in [-0.2, -0.15) is 0 Å². The van der Waals surface area contributed by atoms with E-state index in [0.717, 1.165) is 19.3 Å². The van der Waals surface area contributed by atoms with Crippen molar-refractivity contribution in [2.24, 2.45) is 5.41 Å². The van der Waals surface area contributed by atoms with Crippen LogP contribution in [0.5, 0.6) is 0 Å². The smallest absolute Gasteiger partial charge is 0.135 e. The third kappa shape index (κ3) is 11.3. The number of hydrogen-bond acceptors (Lipinski definition) is 1.